The number of carbonyl (C=O) groups is 1. The number of piperidine rings is 1. The minimum atomic E-state index is -0.615. The molecule has 0 aliphatic carbocycles. The second-order valence-electron chi connectivity index (χ2n) is 8.06. The summed E-state index contributed by atoms with van der Waals surface area (Å²) in [5.74, 6) is 0.546. The van der Waals surface area contributed by atoms with Gasteiger partial charge in [0.15, 0.2) is 17.7 Å². The Morgan fingerprint density at radius 3 is 2.76 bits per heavy atom. The van der Waals surface area contributed by atoms with Gasteiger partial charge >= 0.3 is 0 Å². The fourth-order valence-electron chi connectivity index (χ4n) is 3.88. The lowest BCUT2D eigenvalue weighted by molar-refractivity contribution is -0.129. The summed E-state index contributed by atoms with van der Waals surface area (Å²) in [5, 5.41) is 9.41. The van der Waals surface area contributed by atoms with Crippen molar-refractivity contribution in [3.8, 4) is 5.75 Å². The van der Waals surface area contributed by atoms with Crippen molar-refractivity contribution in [2.45, 2.75) is 37.0 Å². The van der Waals surface area contributed by atoms with Crippen molar-refractivity contribution in [1.29, 1.82) is 0 Å². The molecule has 1 atom stereocenters. The van der Waals surface area contributed by atoms with Gasteiger partial charge in [0.1, 0.15) is 0 Å². The number of thioether (sulfide) groups is 1. The molecule has 3 heterocycles. The fraction of sp³-hybridized carbons (Fsp3) is 0.333. The Kier molecular flexibility index (Phi) is 6.77. The molecule has 1 fully saturated rings. The molecule has 4 aromatic rings. The van der Waals surface area contributed by atoms with Crippen LogP contribution in [0.2, 0.25) is 0 Å². The van der Waals surface area contributed by atoms with Crippen molar-refractivity contribution in [2.75, 3.05) is 18.8 Å². The lowest BCUT2D eigenvalue weighted by Gasteiger charge is -2.31. The monoisotopic (exact) mass is 498 g/mol. The highest BCUT2D eigenvalue weighted by molar-refractivity contribution is 7.99. The third-order valence-electron chi connectivity index (χ3n) is 5.74. The van der Waals surface area contributed by atoms with Crippen LogP contribution in [-0.2, 0) is 4.79 Å². The maximum atomic E-state index is 13.8. The van der Waals surface area contributed by atoms with Gasteiger partial charge in [0.05, 0.1) is 21.0 Å². The van der Waals surface area contributed by atoms with E-state index < -0.39 is 11.9 Å². The predicted molar refractivity (Wildman–Crippen MR) is 129 cm³/mol. The molecule has 1 aliphatic rings. The first-order valence-corrected chi connectivity index (χ1v) is 12.9. The number of carbonyl (C=O) groups excluding carboxylic acids is 1. The lowest BCUT2D eigenvalue weighted by Crippen LogP contribution is -2.38. The molecule has 0 N–H and O–H groups in total. The predicted octanol–water partition coefficient (Wildman–Crippen LogP) is 5.46. The highest BCUT2D eigenvalue weighted by atomic mass is 32.2. The molecule has 5 rings (SSSR count). The topological polar surface area (TPSA) is 81.4 Å². The Morgan fingerprint density at radius 2 is 1.97 bits per heavy atom. The van der Waals surface area contributed by atoms with E-state index in [-0.39, 0.29) is 28.5 Å². The van der Waals surface area contributed by atoms with Gasteiger partial charge in [0, 0.05) is 19.0 Å². The highest BCUT2D eigenvalue weighted by Gasteiger charge is 2.26. The van der Waals surface area contributed by atoms with E-state index in [9.17, 15) is 9.18 Å². The van der Waals surface area contributed by atoms with Crippen molar-refractivity contribution in [3.63, 3.8) is 0 Å². The van der Waals surface area contributed by atoms with Gasteiger partial charge in [0.25, 0.3) is 11.1 Å². The lowest BCUT2D eigenvalue weighted by atomic mass is 9.97. The zero-order valence-corrected chi connectivity index (χ0v) is 20.2. The molecule has 10 heteroatoms. The van der Waals surface area contributed by atoms with Gasteiger partial charge in [-0.05, 0) is 44.0 Å². The molecule has 1 saturated heterocycles. The first-order valence-electron chi connectivity index (χ1n) is 11.1. The molecular formula is C24H23FN4O3S2. The molecule has 1 unspecified atom stereocenters. The maximum absolute atomic E-state index is 13.8. The molecule has 0 bridgehead atoms. The summed E-state index contributed by atoms with van der Waals surface area (Å²) in [7, 11) is 0. The average molecular weight is 499 g/mol. The average Bonchev–Trinajstić information content (AvgIpc) is 3.51. The summed E-state index contributed by atoms with van der Waals surface area (Å²) in [6, 6.07) is 14.3. The second-order valence-corrected chi connectivity index (χ2v) is 10.0. The summed E-state index contributed by atoms with van der Waals surface area (Å²) in [6.07, 6.45) is 1.20. The van der Waals surface area contributed by atoms with E-state index in [4.69, 9.17) is 14.1 Å². The van der Waals surface area contributed by atoms with Gasteiger partial charge in [0.2, 0.25) is 5.91 Å². The number of amides is 1. The number of hydrogen-bond donors (Lipinski definition) is 0. The van der Waals surface area contributed by atoms with Crippen LogP contribution < -0.4 is 4.74 Å². The molecule has 1 aliphatic heterocycles. The van der Waals surface area contributed by atoms with E-state index in [2.05, 4.69) is 16.3 Å². The molecule has 2 aromatic carbocycles. The Balaban J connectivity index is 1.11. The SMILES string of the molecule is CC(Oc1ccccc1F)c1nnc(SCC(=O)N2CCC(c3nc4ccccc4s3)CC2)o1. The largest absolute Gasteiger partial charge is 0.478 e. The minimum absolute atomic E-state index is 0.0446. The Morgan fingerprint density at radius 1 is 1.21 bits per heavy atom. The summed E-state index contributed by atoms with van der Waals surface area (Å²) >= 11 is 2.95. The molecule has 7 nitrogen and oxygen atoms in total. The number of hydrogen-bond acceptors (Lipinski definition) is 8. The van der Waals surface area contributed by atoms with E-state index in [0.717, 1.165) is 23.4 Å². The third-order valence-corrected chi connectivity index (χ3v) is 7.74. The van der Waals surface area contributed by atoms with Gasteiger partial charge in [-0.2, -0.15) is 0 Å². The number of rotatable bonds is 7. The van der Waals surface area contributed by atoms with Crippen LogP contribution in [0.25, 0.3) is 10.2 Å². The molecule has 0 spiro atoms. The first-order chi connectivity index (χ1) is 16.6. The first kappa shape index (κ1) is 22.8. The van der Waals surface area contributed by atoms with Gasteiger partial charge in [-0.25, -0.2) is 9.37 Å². The quantitative estimate of drug-likeness (QED) is 0.313. The van der Waals surface area contributed by atoms with Gasteiger partial charge in [-0.3, -0.25) is 4.79 Å². The molecule has 0 saturated carbocycles. The fourth-order valence-corrected chi connectivity index (χ4v) is 5.69. The number of ether oxygens (including phenoxy) is 1. The molecule has 2 aromatic heterocycles. The summed E-state index contributed by atoms with van der Waals surface area (Å²) in [6.45, 7) is 3.13. The molecular weight excluding hydrogens is 475 g/mol. The Bertz CT molecular complexity index is 1250. The highest BCUT2D eigenvalue weighted by Crippen LogP contribution is 2.34. The van der Waals surface area contributed by atoms with Crippen LogP contribution in [0.15, 0.2) is 58.2 Å². The molecule has 34 heavy (non-hydrogen) atoms. The van der Waals surface area contributed by atoms with Crippen LogP contribution >= 0.6 is 23.1 Å². The number of para-hydroxylation sites is 2. The van der Waals surface area contributed by atoms with E-state index >= 15 is 0 Å². The maximum Gasteiger partial charge on any atom is 0.277 e. The van der Waals surface area contributed by atoms with E-state index in [0.29, 0.717) is 19.0 Å². The number of aromatic nitrogens is 3. The Labute approximate surface area is 204 Å². The van der Waals surface area contributed by atoms with Crippen LogP contribution in [0.3, 0.4) is 0 Å². The number of halogens is 1. The summed E-state index contributed by atoms with van der Waals surface area (Å²) in [5.41, 5.74) is 1.05. The zero-order chi connectivity index (χ0) is 23.5. The van der Waals surface area contributed by atoms with E-state index in [1.807, 2.05) is 23.1 Å². The number of thiazole rings is 1. The van der Waals surface area contributed by atoms with Crippen LogP contribution in [0, 0.1) is 5.82 Å². The van der Waals surface area contributed by atoms with Crippen molar-refractivity contribution in [1.82, 2.24) is 20.1 Å². The zero-order valence-electron chi connectivity index (χ0n) is 18.5. The van der Waals surface area contributed by atoms with Gasteiger partial charge in [-0.15, -0.1) is 21.5 Å². The summed E-state index contributed by atoms with van der Waals surface area (Å²) < 4.78 is 26.2. The molecule has 1 amide bonds. The van der Waals surface area contributed by atoms with Crippen LogP contribution in [0.5, 0.6) is 5.75 Å². The number of benzene rings is 2. The summed E-state index contributed by atoms with van der Waals surface area (Å²) in [4.78, 5) is 19.4. The third kappa shape index (κ3) is 5.07. The molecule has 0 radical (unpaired) electrons. The number of fused-ring (bicyclic) bond motifs is 1. The minimum Gasteiger partial charge on any atom is -0.478 e. The van der Waals surface area contributed by atoms with Crippen LogP contribution in [0.4, 0.5) is 4.39 Å². The number of nitrogens with zero attached hydrogens (tertiary/aromatic N) is 4. The van der Waals surface area contributed by atoms with Crippen molar-refractivity contribution >= 4 is 39.2 Å². The Hall–Kier alpha value is -2.98. The smallest absolute Gasteiger partial charge is 0.277 e. The van der Waals surface area contributed by atoms with E-state index in [1.165, 1.54) is 28.6 Å². The molecule has 176 valence electrons. The van der Waals surface area contributed by atoms with Gasteiger partial charge in [-0.1, -0.05) is 36.0 Å². The van der Waals surface area contributed by atoms with E-state index in [1.54, 1.807) is 30.4 Å². The van der Waals surface area contributed by atoms with Crippen molar-refractivity contribution in [2.24, 2.45) is 0 Å². The van der Waals surface area contributed by atoms with Gasteiger partial charge < -0.3 is 14.1 Å². The standard InChI is InChI=1S/C24H23FN4O3S2/c1-15(31-19-8-4-2-6-17(19)25)22-27-28-24(32-22)33-14-21(30)29-12-10-16(11-13-29)23-26-18-7-3-5-9-20(18)34-23/h2-9,15-16H,10-14H2,1H3. The number of likely N-dealkylation sites (tertiary alicyclic amines) is 1. The second kappa shape index (κ2) is 10.1. The van der Waals surface area contributed by atoms with Crippen LogP contribution in [-0.4, -0.2) is 44.8 Å². The normalized spacial score (nSPS) is 15.5. The van der Waals surface area contributed by atoms with Crippen molar-refractivity contribution < 1.29 is 18.3 Å². The van der Waals surface area contributed by atoms with Crippen LogP contribution in [0.1, 0.15) is 42.7 Å². The van der Waals surface area contributed by atoms with Crippen molar-refractivity contribution in [3.05, 3.63) is 65.2 Å².